The van der Waals surface area contributed by atoms with Crippen molar-refractivity contribution in [1.29, 1.82) is 0 Å². The summed E-state index contributed by atoms with van der Waals surface area (Å²) in [6.45, 7) is 4.77. The molecule has 1 saturated heterocycles. The van der Waals surface area contributed by atoms with Gasteiger partial charge in [0, 0.05) is 18.6 Å². The van der Waals surface area contributed by atoms with E-state index in [1.165, 1.54) is 17.7 Å². The van der Waals surface area contributed by atoms with Crippen LogP contribution in [0.25, 0.3) is 0 Å². The summed E-state index contributed by atoms with van der Waals surface area (Å²) in [6, 6.07) is 7.32. The third-order valence-corrected chi connectivity index (χ3v) is 3.35. The predicted octanol–water partition coefficient (Wildman–Crippen LogP) is 2.38. The van der Waals surface area contributed by atoms with Crippen LogP contribution in [0, 0.1) is 11.7 Å². The van der Waals surface area contributed by atoms with E-state index in [0.717, 1.165) is 32.6 Å². The summed E-state index contributed by atoms with van der Waals surface area (Å²) in [5, 5.41) is 3.51. The van der Waals surface area contributed by atoms with Gasteiger partial charge in [-0.3, -0.25) is 0 Å². The van der Waals surface area contributed by atoms with Gasteiger partial charge in [-0.2, -0.15) is 0 Å². The van der Waals surface area contributed by atoms with E-state index in [2.05, 4.69) is 12.2 Å². The second kappa shape index (κ2) is 6.12. The smallest absolute Gasteiger partial charge is 0.123 e. The molecule has 1 heterocycles. The van der Waals surface area contributed by atoms with Gasteiger partial charge in [0.15, 0.2) is 0 Å². The maximum Gasteiger partial charge on any atom is 0.123 e. The van der Waals surface area contributed by atoms with E-state index in [0.29, 0.717) is 12.0 Å². The molecule has 1 aliphatic heterocycles. The Labute approximate surface area is 102 Å². The van der Waals surface area contributed by atoms with E-state index in [1.54, 1.807) is 0 Å². The zero-order valence-corrected chi connectivity index (χ0v) is 10.3. The fourth-order valence-electron chi connectivity index (χ4n) is 2.45. The molecular weight excluding hydrogens is 217 g/mol. The molecule has 0 bridgehead atoms. The third-order valence-electron chi connectivity index (χ3n) is 3.35. The standard InChI is InChI=1S/C14H20FNO/c1-2-16-14-7-8-17-10-12(14)9-11-3-5-13(15)6-4-11/h3-6,12,14,16H,2,7-10H2,1H3. The average molecular weight is 237 g/mol. The lowest BCUT2D eigenvalue weighted by Gasteiger charge is -2.32. The second-order valence-corrected chi connectivity index (χ2v) is 4.62. The van der Waals surface area contributed by atoms with Crippen LogP contribution in [0.1, 0.15) is 18.9 Å². The minimum atomic E-state index is -0.170. The van der Waals surface area contributed by atoms with Gasteiger partial charge in [0.05, 0.1) is 6.61 Å². The lowest BCUT2D eigenvalue weighted by Crippen LogP contribution is -2.43. The zero-order valence-electron chi connectivity index (χ0n) is 10.3. The number of hydrogen-bond acceptors (Lipinski definition) is 2. The van der Waals surface area contributed by atoms with Crippen LogP contribution in [-0.4, -0.2) is 25.8 Å². The molecule has 0 amide bonds. The Bertz CT molecular complexity index is 337. The first-order chi connectivity index (χ1) is 8.29. The van der Waals surface area contributed by atoms with Gasteiger partial charge in [-0.1, -0.05) is 19.1 Å². The predicted molar refractivity (Wildman–Crippen MR) is 66.5 cm³/mol. The molecule has 0 spiro atoms. The van der Waals surface area contributed by atoms with Crippen molar-refractivity contribution in [2.75, 3.05) is 19.8 Å². The number of benzene rings is 1. The average Bonchev–Trinajstić information content (AvgIpc) is 2.35. The van der Waals surface area contributed by atoms with Crippen LogP contribution in [0.5, 0.6) is 0 Å². The molecule has 3 heteroatoms. The molecule has 0 radical (unpaired) electrons. The van der Waals surface area contributed by atoms with Crippen LogP contribution in [0.15, 0.2) is 24.3 Å². The molecular formula is C14H20FNO. The van der Waals surface area contributed by atoms with E-state index >= 15 is 0 Å². The Balaban J connectivity index is 1.97. The van der Waals surface area contributed by atoms with Gasteiger partial charge in [-0.05, 0) is 37.1 Å². The van der Waals surface area contributed by atoms with Crippen molar-refractivity contribution in [2.24, 2.45) is 5.92 Å². The molecule has 2 nitrogen and oxygen atoms in total. The highest BCUT2D eigenvalue weighted by Crippen LogP contribution is 2.20. The molecule has 17 heavy (non-hydrogen) atoms. The monoisotopic (exact) mass is 237 g/mol. The first kappa shape index (κ1) is 12.5. The van der Waals surface area contributed by atoms with Crippen molar-refractivity contribution in [3.8, 4) is 0 Å². The molecule has 1 fully saturated rings. The van der Waals surface area contributed by atoms with E-state index in [4.69, 9.17) is 4.74 Å². The van der Waals surface area contributed by atoms with Gasteiger partial charge in [-0.15, -0.1) is 0 Å². The number of rotatable bonds is 4. The van der Waals surface area contributed by atoms with Crippen LogP contribution < -0.4 is 5.32 Å². The number of ether oxygens (including phenoxy) is 1. The van der Waals surface area contributed by atoms with E-state index < -0.39 is 0 Å². The number of nitrogens with one attached hydrogen (secondary N) is 1. The molecule has 2 unspecified atom stereocenters. The highest BCUT2D eigenvalue weighted by atomic mass is 19.1. The number of hydrogen-bond donors (Lipinski definition) is 1. The molecule has 0 aromatic heterocycles. The molecule has 0 saturated carbocycles. The molecule has 2 atom stereocenters. The summed E-state index contributed by atoms with van der Waals surface area (Å²) in [6.07, 6.45) is 2.03. The van der Waals surface area contributed by atoms with Crippen molar-refractivity contribution in [3.05, 3.63) is 35.6 Å². The van der Waals surface area contributed by atoms with Crippen LogP contribution in [0.4, 0.5) is 4.39 Å². The normalized spacial score (nSPS) is 24.8. The number of halogens is 1. The lowest BCUT2D eigenvalue weighted by atomic mass is 9.89. The summed E-state index contributed by atoms with van der Waals surface area (Å²) in [7, 11) is 0. The molecule has 1 N–H and O–H groups in total. The molecule has 94 valence electrons. The van der Waals surface area contributed by atoms with Crippen molar-refractivity contribution in [1.82, 2.24) is 5.32 Å². The van der Waals surface area contributed by atoms with Crippen LogP contribution >= 0.6 is 0 Å². The van der Waals surface area contributed by atoms with Crippen molar-refractivity contribution >= 4 is 0 Å². The van der Waals surface area contributed by atoms with Gasteiger partial charge < -0.3 is 10.1 Å². The lowest BCUT2D eigenvalue weighted by molar-refractivity contribution is 0.0327. The molecule has 2 rings (SSSR count). The van der Waals surface area contributed by atoms with E-state index in [-0.39, 0.29) is 5.82 Å². The van der Waals surface area contributed by atoms with E-state index in [9.17, 15) is 4.39 Å². The summed E-state index contributed by atoms with van der Waals surface area (Å²) in [5.41, 5.74) is 1.19. The van der Waals surface area contributed by atoms with Gasteiger partial charge in [0.25, 0.3) is 0 Å². The van der Waals surface area contributed by atoms with Crippen LogP contribution in [-0.2, 0) is 11.2 Å². The summed E-state index contributed by atoms with van der Waals surface area (Å²) in [4.78, 5) is 0. The summed E-state index contributed by atoms with van der Waals surface area (Å²) < 4.78 is 18.4. The van der Waals surface area contributed by atoms with Gasteiger partial charge in [-0.25, -0.2) is 4.39 Å². The Morgan fingerprint density at radius 3 is 2.82 bits per heavy atom. The fraction of sp³-hybridized carbons (Fsp3) is 0.571. The molecule has 0 aliphatic carbocycles. The quantitative estimate of drug-likeness (QED) is 0.868. The van der Waals surface area contributed by atoms with Crippen LogP contribution in [0.3, 0.4) is 0 Å². The first-order valence-electron chi connectivity index (χ1n) is 6.35. The Kier molecular flexibility index (Phi) is 4.51. The Hall–Kier alpha value is -0.930. The third kappa shape index (κ3) is 3.51. The first-order valence-corrected chi connectivity index (χ1v) is 6.35. The minimum Gasteiger partial charge on any atom is -0.381 e. The highest BCUT2D eigenvalue weighted by Gasteiger charge is 2.24. The fourth-order valence-corrected chi connectivity index (χ4v) is 2.45. The summed E-state index contributed by atoms with van der Waals surface area (Å²) >= 11 is 0. The van der Waals surface area contributed by atoms with Crippen LogP contribution in [0.2, 0.25) is 0 Å². The highest BCUT2D eigenvalue weighted by molar-refractivity contribution is 5.17. The zero-order chi connectivity index (χ0) is 12.1. The maximum atomic E-state index is 12.8. The topological polar surface area (TPSA) is 21.3 Å². The molecule has 1 aromatic carbocycles. The minimum absolute atomic E-state index is 0.170. The molecule has 1 aliphatic rings. The Morgan fingerprint density at radius 1 is 1.35 bits per heavy atom. The van der Waals surface area contributed by atoms with E-state index in [1.807, 2.05) is 12.1 Å². The Morgan fingerprint density at radius 2 is 2.12 bits per heavy atom. The largest absolute Gasteiger partial charge is 0.381 e. The van der Waals surface area contributed by atoms with Crippen molar-refractivity contribution < 1.29 is 9.13 Å². The molecule has 1 aromatic rings. The van der Waals surface area contributed by atoms with Crippen molar-refractivity contribution in [3.63, 3.8) is 0 Å². The van der Waals surface area contributed by atoms with Gasteiger partial charge >= 0.3 is 0 Å². The van der Waals surface area contributed by atoms with Crippen molar-refractivity contribution in [2.45, 2.75) is 25.8 Å². The SMILES string of the molecule is CCNC1CCOCC1Cc1ccc(F)cc1. The van der Waals surface area contributed by atoms with Gasteiger partial charge in [0.1, 0.15) is 5.82 Å². The summed E-state index contributed by atoms with van der Waals surface area (Å²) in [5.74, 6) is 0.325. The maximum absolute atomic E-state index is 12.8. The second-order valence-electron chi connectivity index (χ2n) is 4.62. The van der Waals surface area contributed by atoms with Gasteiger partial charge in [0.2, 0.25) is 0 Å².